The zero-order chi connectivity index (χ0) is 14.6. The fourth-order valence-corrected chi connectivity index (χ4v) is 2.16. The number of primary amides is 1. The average molecular weight is 297 g/mol. The van der Waals surface area contributed by atoms with Gasteiger partial charge in [0.25, 0.3) is 5.91 Å². The molecule has 0 fully saturated rings. The molecule has 0 aliphatic carbocycles. The molecule has 0 saturated carbocycles. The van der Waals surface area contributed by atoms with Crippen molar-refractivity contribution in [3.63, 3.8) is 0 Å². The lowest BCUT2D eigenvalue weighted by atomic mass is 10.2. The summed E-state index contributed by atoms with van der Waals surface area (Å²) in [7, 11) is 0. The molecule has 0 radical (unpaired) electrons. The lowest BCUT2D eigenvalue weighted by Crippen LogP contribution is -2.22. The third kappa shape index (κ3) is 4.48. The van der Waals surface area contributed by atoms with Crippen LogP contribution in [0, 0.1) is 0 Å². The van der Waals surface area contributed by atoms with Gasteiger partial charge in [-0.15, -0.1) is 11.3 Å². The van der Waals surface area contributed by atoms with Crippen LogP contribution in [0.3, 0.4) is 0 Å². The van der Waals surface area contributed by atoms with Crippen LogP contribution in [0.1, 0.15) is 20.4 Å². The first-order valence-corrected chi connectivity index (χ1v) is 5.82. The molecule has 4 N–H and O–H groups in total. The number of nitrogens with two attached hydrogens (primary N) is 1. The Hall–Kier alpha value is -1.68. The Morgan fingerprint density at radius 2 is 2.00 bits per heavy atom. The van der Waals surface area contributed by atoms with E-state index in [1.807, 2.05) is 0 Å². The number of thiazole rings is 1. The van der Waals surface area contributed by atoms with Crippen molar-refractivity contribution in [2.75, 3.05) is 6.54 Å². The highest BCUT2D eigenvalue weighted by molar-refractivity contribution is 7.13. The smallest absolute Gasteiger partial charge is 0.475 e. The molecule has 0 aromatic carbocycles. The van der Waals surface area contributed by atoms with Crippen molar-refractivity contribution in [3.8, 4) is 0 Å². The van der Waals surface area contributed by atoms with Gasteiger partial charge in [-0.25, -0.2) is 9.78 Å². The number of hydrogen-bond acceptors (Lipinski definition) is 5. The van der Waals surface area contributed by atoms with Gasteiger partial charge in [0.2, 0.25) is 0 Å². The predicted molar refractivity (Wildman–Crippen MR) is 59.7 cm³/mol. The molecule has 106 valence electrons. The van der Waals surface area contributed by atoms with Crippen LogP contribution in [-0.4, -0.2) is 34.7 Å². The molecule has 1 aromatic rings. The molecule has 0 bridgehead atoms. The largest absolute Gasteiger partial charge is 0.490 e. The quantitative estimate of drug-likeness (QED) is 0.701. The topological polar surface area (TPSA) is 105 Å². The van der Waals surface area contributed by atoms with Crippen molar-refractivity contribution >= 4 is 23.2 Å². The summed E-state index contributed by atoms with van der Waals surface area (Å²) in [5, 5.41) is 10.8. The Bertz CT molecular complexity index is 463. The second-order valence-electron chi connectivity index (χ2n) is 3.48. The van der Waals surface area contributed by atoms with Crippen LogP contribution >= 0.6 is 11.3 Å². The highest BCUT2D eigenvalue weighted by atomic mass is 32.1. The number of aromatic nitrogens is 1. The minimum absolute atomic E-state index is 0.422. The van der Waals surface area contributed by atoms with Crippen molar-refractivity contribution in [3.05, 3.63) is 15.6 Å². The Balaban J connectivity index is 0.000000224. The molecule has 0 atom stereocenters. The SMILES string of the molecule is NC(=O)c1nc2c(s1)CNCC2.O=C(O)C(F)(F)F. The molecule has 0 saturated heterocycles. The monoisotopic (exact) mass is 297 g/mol. The highest BCUT2D eigenvalue weighted by Gasteiger charge is 2.38. The van der Waals surface area contributed by atoms with E-state index in [4.69, 9.17) is 15.6 Å². The Morgan fingerprint density at radius 1 is 1.42 bits per heavy atom. The molecule has 0 unspecified atom stereocenters. The van der Waals surface area contributed by atoms with Gasteiger partial charge in [-0.1, -0.05) is 0 Å². The molecule has 6 nitrogen and oxygen atoms in total. The summed E-state index contributed by atoms with van der Waals surface area (Å²) >= 11 is 1.40. The van der Waals surface area contributed by atoms with E-state index in [0.29, 0.717) is 5.01 Å². The Labute approximate surface area is 109 Å². The number of halogens is 3. The molecule has 2 heterocycles. The maximum absolute atomic E-state index is 10.8. The van der Waals surface area contributed by atoms with Crippen molar-refractivity contribution in [2.24, 2.45) is 5.73 Å². The van der Waals surface area contributed by atoms with Gasteiger partial charge < -0.3 is 16.2 Å². The third-order valence-electron chi connectivity index (χ3n) is 2.06. The van der Waals surface area contributed by atoms with E-state index < -0.39 is 18.1 Å². The number of nitrogens with zero attached hydrogens (tertiary/aromatic N) is 1. The second kappa shape index (κ2) is 5.97. The van der Waals surface area contributed by atoms with Crippen LogP contribution < -0.4 is 11.1 Å². The van der Waals surface area contributed by atoms with Gasteiger partial charge in [-0.05, 0) is 0 Å². The van der Waals surface area contributed by atoms with Gasteiger partial charge >= 0.3 is 12.1 Å². The molecule has 1 amide bonds. The average Bonchev–Trinajstić information content (AvgIpc) is 2.72. The summed E-state index contributed by atoms with van der Waals surface area (Å²) in [5.41, 5.74) is 6.15. The van der Waals surface area contributed by atoms with Crippen LogP contribution in [0.2, 0.25) is 0 Å². The minimum Gasteiger partial charge on any atom is -0.475 e. The van der Waals surface area contributed by atoms with Gasteiger partial charge in [0.1, 0.15) is 0 Å². The second-order valence-corrected chi connectivity index (χ2v) is 4.57. The highest BCUT2D eigenvalue weighted by Crippen LogP contribution is 2.20. The van der Waals surface area contributed by atoms with E-state index in [1.54, 1.807) is 0 Å². The zero-order valence-corrected chi connectivity index (χ0v) is 10.3. The fourth-order valence-electron chi connectivity index (χ4n) is 1.23. The van der Waals surface area contributed by atoms with Gasteiger partial charge in [0.05, 0.1) is 5.69 Å². The van der Waals surface area contributed by atoms with Crippen LogP contribution in [0.25, 0.3) is 0 Å². The molecular weight excluding hydrogens is 287 g/mol. The standard InChI is InChI=1S/C7H9N3OS.C2HF3O2/c8-6(11)7-10-4-1-2-9-3-5(4)12-7;3-2(4,5)1(6)7/h9H,1-3H2,(H2,8,11);(H,6,7). The van der Waals surface area contributed by atoms with E-state index >= 15 is 0 Å². The first kappa shape index (κ1) is 15.4. The predicted octanol–water partition coefficient (Wildman–Crippen LogP) is 0.521. The van der Waals surface area contributed by atoms with Gasteiger partial charge in [0.15, 0.2) is 5.01 Å². The van der Waals surface area contributed by atoms with Crippen molar-refractivity contribution < 1.29 is 27.9 Å². The number of carbonyl (C=O) groups is 2. The summed E-state index contributed by atoms with van der Waals surface area (Å²) in [5.74, 6) is -3.18. The summed E-state index contributed by atoms with van der Waals surface area (Å²) in [6.07, 6.45) is -4.18. The van der Waals surface area contributed by atoms with E-state index in [-0.39, 0.29) is 0 Å². The lowest BCUT2D eigenvalue weighted by Gasteiger charge is -2.09. The maximum atomic E-state index is 10.8. The van der Waals surface area contributed by atoms with Gasteiger partial charge in [-0.2, -0.15) is 13.2 Å². The van der Waals surface area contributed by atoms with Crippen molar-refractivity contribution in [1.82, 2.24) is 10.3 Å². The van der Waals surface area contributed by atoms with Crippen molar-refractivity contribution in [1.29, 1.82) is 0 Å². The third-order valence-corrected chi connectivity index (χ3v) is 3.17. The van der Waals surface area contributed by atoms with E-state index in [2.05, 4.69) is 10.3 Å². The normalized spacial score (nSPS) is 14.1. The Morgan fingerprint density at radius 3 is 2.42 bits per heavy atom. The lowest BCUT2D eigenvalue weighted by molar-refractivity contribution is -0.192. The molecule has 1 aromatic heterocycles. The molecule has 19 heavy (non-hydrogen) atoms. The molecule has 2 rings (SSSR count). The van der Waals surface area contributed by atoms with E-state index in [9.17, 15) is 18.0 Å². The number of carbonyl (C=O) groups excluding carboxylic acids is 1. The number of carboxylic acid groups (broad SMARTS) is 1. The molecule has 1 aliphatic rings. The number of carboxylic acids is 1. The maximum Gasteiger partial charge on any atom is 0.490 e. The first-order valence-electron chi connectivity index (χ1n) is 5.01. The summed E-state index contributed by atoms with van der Waals surface area (Å²) in [6.45, 7) is 1.76. The van der Waals surface area contributed by atoms with Gasteiger partial charge in [0, 0.05) is 24.4 Å². The summed E-state index contributed by atoms with van der Waals surface area (Å²) in [4.78, 5) is 25.0. The van der Waals surface area contributed by atoms with Crippen LogP contribution in [-0.2, 0) is 17.8 Å². The number of alkyl halides is 3. The molecule has 0 spiro atoms. The molecular formula is C9H10F3N3O3S. The fraction of sp³-hybridized carbons (Fsp3) is 0.444. The number of amides is 1. The zero-order valence-electron chi connectivity index (χ0n) is 9.45. The summed E-state index contributed by atoms with van der Waals surface area (Å²) in [6, 6.07) is 0. The Kier molecular flexibility index (Phi) is 4.84. The van der Waals surface area contributed by atoms with Crippen molar-refractivity contribution in [2.45, 2.75) is 19.1 Å². The number of hydrogen-bond donors (Lipinski definition) is 3. The van der Waals surface area contributed by atoms with Gasteiger partial charge in [-0.3, -0.25) is 4.79 Å². The number of fused-ring (bicyclic) bond motifs is 1. The van der Waals surface area contributed by atoms with E-state index in [1.165, 1.54) is 11.3 Å². The summed E-state index contributed by atoms with van der Waals surface area (Å²) < 4.78 is 31.7. The van der Waals surface area contributed by atoms with Crippen LogP contribution in [0.15, 0.2) is 0 Å². The molecule has 10 heteroatoms. The minimum atomic E-state index is -5.08. The number of nitrogens with one attached hydrogen (secondary N) is 1. The first-order chi connectivity index (χ1) is 8.71. The van der Waals surface area contributed by atoms with Crippen LogP contribution in [0.4, 0.5) is 13.2 Å². The molecule has 1 aliphatic heterocycles. The number of aliphatic carboxylic acids is 1. The van der Waals surface area contributed by atoms with E-state index in [0.717, 1.165) is 30.1 Å². The van der Waals surface area contributed by atoms with Crippen LogP contribution in [0.5, 0.6) is 0 Å². The number of rotatable bonds is 1.